The summed E-state index contributed by atoms with van der Waals surface area (Å²) in [7, 11) is -8.73. The molecule has 0 spiro atoms. The van der Waals surface area contributed by atoms with E-state index in [1.165, 1.54) is 0 Å². The molecule has 6 rings (SSSR count). The molecule has 0 amide bonds. The monoisotopic (exact) mass is 651 g/mol. The van der Waals surface area contributed by atoms with Gasteiger partial charge >= 0.3 is 0 Å². The van der Waals surface area contributed by atoms with Crippen LogP contribution in [0.25, 0.3) is 38.2 Å². The lowest BCUT2D eigenvalue weighted by Gasteiger charge is -2.21. The number of hydrogen-bond acceptors (Lipinski definition) is 9. The van der Waals surface area contributed by atoms with Crippen LogP contribution in [0.5, 0.6) is 0 Å². The summed E-state index contributed by atoms with van der Waals surface area (Å²) in [6.45, 7) is 0.659. The van der Waals surface area contributed by atoms with Crippen molar-refractivity contribution in [3.63, 3.8) is 0 Å². The minimum absolute atomic E-state index is 0.164. The molecule has 0 saturated carbocycles. The van der Waals surface area contributed by atoms with Gasteiger partial charge in [0.2, 0.25) is 5.52 Å². The summed E-state index contributed by atoms with van der Waals surface area (Å²) >= 11 is 3.12. The Kier molecular flexibility index (Phi) is 8.33. The highest BCUT2D eigenvalue weighted by Crippen LogP contribution is 2.48. The van der Waals surface area contributed by atoms with Gasteiger partial charge in [0, 0.05) is 29.4 Å². The van der Waals surface area contributed by atoms with Gasteiger partial charge in [-0.2, -0.15) is 4.57 Å². The Labute approximate surface area is 258 Å². The largest absolute Gasteiger partial charge is 0.748 e. The third-order valence-corrected chi connectivity index (χ3v) is 11.0. The van der Waals surface area contributed by atoms with Crippen molar-refractivity contribution >= 4 is 76.1 Å². The molecule has 8 nitrogen and oxygen atoms in total. The van der Waals surface area contributed by atoms with Gasteiger partial charge in [-0.05, 0) is 47.2 Å². The fourth-order valence-electron chi connectivity index (χ4n) is 5.36. The second-order valence-corrected chi connectivity index (χ2v) is 15.4. The van der Waals surface area contributed by atoms with Crippen molar-refractivity contribution in [2.24, 2.45) is 0 Å². The lowest BCUT2D eigenvalue weighted by Crippen LogP contribution is -2.36. The summed E-state index contributed by atoms with van der Waals surface area (Å²) in [6, 6.07) is 28.2. The standard InChI is InChI=1S/C31H28N2O6S4/c34-42(35,36)18-6-16-32-26-20-24(22-8-2-1-3-9-22)13-14-27(26)40-29(32)21-30-33(17-7-19-43(37,38)39)31-25-11-5-4-10-23(25)12-15-28(31)41-30/h1-5,8-15,20-21H,6-7,16-19H2,(H-,34,35,36,37,38,39)/p-1. The summed E-state index contributed by atoms with van der Waals surface area (Å²) in [5.41, 5.74) is 3.97. The third-order valence-electron chi connectivity index (χ3n) is 7.25. The van der Waals surface area contributed by atoms with E-state index >= 15 is 0 Å². The first kappa shape index (κ1) is 29.8. The predicted octanol–water partition coefficient (Wildman–Crippen LogP) is 5.79. The van der Waals surface area contributed by atoms with Gasteiger partial charge in [0.05, 0.1) is 42.4 Å². The molecule has 4 aromatic carbocycles. The smallest absolute Gasteiger partial charge is 0.265 e. The van der Waals surface area contributed by atoms with Crippen LogP contribution in [0.15, 0.2) is 94.9 Å². The zero-order chi connectivity index (χ0) is 30.2. The minimum atomic E-state index is -4.37. The number of rotatable bonds is 10. The van der Waals surface area contributed by atoms with E-state index in [1.807, 2.05) is 77.7 Å². The van der Waals surface area contributed by atoms with Crippen molar-refractivity contribution in [2.75, 3.05) is 23.0 Å². The van der Waals surface area contributed by atoms with Gasteiger partial charge in [-0.1, -0.05) is 83.8 Å². The first-order chi connectivity index (χ1) is 20.6. The average molecular weight is 652 g/mol. The van der Waals surface area contributed by atoms with Gasteiger partial charge in [0.15, 0.2) is 6.54 Å². The number of benzene rings is 4. The quantitative estimate of drug-likeness (QED) is 0.137. The first-order valence-corrected chi connectivity index (χ1v) is 18.4. The Morgan fingerprint density at radius 1 is 0.791 bits per heavy atom. The molecule has 0 N–H and O–H groups in total. The van der Waals surface area contributed by atoms with Crippen molar-refractivity contribution in [2.45, 2.75) is 24.3 Å². The maximum absolute atomic E-state index is 11.4. The van der Waals surface area contributed by atoms with Crippen LogP contribution in [0.4, 0.5) is 5.69 Å². The Morgan fingerprint density at radius 2 is 1.51 bits per heavy atom. The number of anilines is 1. The summed E-state index contributed by atoms with van der Waals surface area (Å²) in [5, 5.41) is 3.81. The molecule has 43 heavy (non-hydrogen) atoms. The molecule has 1 aromatic heterocycles. The molecule has 0 bridgehead atoms. The molecule has 1 aliphatic rings. The lowest BCUT2D eigenvalue weighted by molar-refractivity contribution is -0.667. The maximum Gasteiger partial charge on any atom is 0.265 e. The number of hydrogen-bond donors (Lipinski definition) is 0. The third kappa shape index (κ3) is 6.79. The van der Waals surface area contributed by atoms with Crippen molar-refractivity contribution < 1.29 is 30.5 Å². The molecule has 0 atom stereocenters. The molecular formula is C31H27N2O6S4-. The molecule has 5 aromatic rings. The topological polar surface area (TPSA) is 122 Å². The van der Waals surface area contributed by atoms with E-state index in [2.05, 4.69) is 22.8 Å². The predicted molar refractivity (Wildman–Crippen MR) is 171 cm³/mol. The Balaban J connectivity index is 1.45. The maximum atomic E-state index is 11.4. The van der Waals surface area contributed by atoms with Crippen LogP contribution in [0.2, 0.25) is 0 Å². The highest BCUT2D eigenvalue weighted by atomic mass is 32.2. The van der Waals surface area contributed by atoms with Gasteiger partial charge in [-0.25, -0.2) is 16.8 Å². The van der Waals surface area contributed by atoms with Gasteiger partial charge in [-0.3, -0.25) is 0 Å². The van der Waals surface area contributed by atoms with Crippen LogP contribution >= 0.6 is 23.1 Å². The van der Waals surface area contributed by atoms with Crippen LogP contribution in [-0.2, 0) is 26.8 Å². The number of thiazole rings is 1. The van der Waals surface area contributed by atoms with Crippen molar-refractivity contribution in [1.29, 1.82) is 0 Å². The summed E-state index contributed by atoms with van der Waals surface area (Å²) < 4.78 is 71.6. The van der Waals surface area contributed by atoms with Gasteiger partial charge in [-0.15, -0.1) is 0 Å². The zero-order valence-electron chi connectivity index (χ0n) is 22.9. The Bertz CT molecular complexity index is 2070. The SMILES string of the molecule is O=S(=O)([O-])CCCN1/C(=C/c2sc3ccc4ccccc4c3[n+]2CCCS(=O)(=O)[O-])Sc2ccc(-c3ccccc3)cc21. The minimum Gasteiger partial charge on any atom is -0.748 e. The molecule has 1 aliphatic heterocycles. The van der Waals surface area contributed by atoms with E-state index < -0.39 is 31.7 Å². The van der Waals surface area contributed by atoms with Crippen LogP contribution in [0, 0.1) is 0 Å². The number of aryl methyl sites for hydroxylation is 1. The highest BCUT2D eigenvalue weighted by Gasteiger charge is 2.29. The number of fused-ring (bicyclic) bond motifs is 4. The van der Waals surface area contributed by atoms with Gasteiger partial charge < -0.3 is 14.0 Å². The summed E-state index contributed by atoms with van der Waals surface area (Å²) in [5.74, 6) is -0.927. The molecular weight excluding hydrogens is 625 g/mol. The van der Waals surface area contributed by atoms with E-state index in [4.69, 9.17) is 0 Å². The van der Waals surface area contributed by atoms with E-state index in [1.54, 1.807) is 23.1 Å². The molecule has 12 heteroatoms. The second kappa shape index (κ2) is 12.0. The van der Waals surface area contributed by atoms with Crippen LogP contribution in [0.3, 0.4) is 0 Å². The van der Waals surface area contributed by atoms with Crippen molar-refractivity contribution in [3.8, 4) is 11.1 Å². The molecule has 222 valence electrons. The highest BCUT2D eigenvalue weighted by molar-refractivity contribution is 8.04. The second-order valence-electron chi connectivity index (χ2n) is 10.2. The van der Waals surface area contributed by atoms with Gasteiger partial charge in [0.25, 0.3) is 5.01 Å². The first-order valence-electron chi connectivity index (χ1n) is 13.6. The average Bonchev–Trinajstić information content (AvgIpc) is 3.49. The van der Waals surface area contributed by atoms with E-state index in [-0.39, 0.29) is 12.8 Å². The zero-order valence-corrected chi connectivity index (χ0v) is 26.1. The van der Waals surface area contributed by atoms with Crippen LogP contribution in [0.1, 0.15) is 17.8 Å². The molecule has 0 fully saturated rings. The summed E-state index contributed by atoms with van der Waals surface area (Å²) in [4.78, 5) is 3.05. The van der Waals surface area contributed by atoms with E-state index in [0.29, 0.717) is 13.1 Å². The number of thioether (sulfide) groups is 1. The molecule has 2 heterocycles. The Hall–Kier alpha value is -3.26. The fraction of sp³-hybridized carbons (Fsp3) is 0.194. The van der Waals surface area contributed by atoms with Gasteiger partial charge in [0.1, 0.15) is 4.70 Å². The van der Waals surface area contributed by atoms with Crippen molar-refractivity contribution in [3.05, 3.63) is 95.0 Å². The number of aromatic nitrogens is 1. The number of nitrogens with zero attached hydrogens (tertiary/aromatic N) is 2. The summed E-state index contributed by atoms with van der Waals surface area (Å²) in [6.07, 6.45) is 2.36. The van der Waals surface area contributed by atoms with Crippen LogP contribution < -0.4 is 9.47 Å². The molecule has 0 saturated heterocycles. The Morgan fingerprint density at radius 3 is 2.28 bits per heavy atom. The molecule has 0 unspecified atom stereocenters. The van der Waals surface area contributed by atoms with E-state index in [9.17, 15) is 25.9 Å². The fourth-order valence-corrected chi connectivity index (χ4v) is 8.64. The molecule has 0 aliphatic carbocycles. The normalized spacial score (nSPS) is 14.7. The molecule has 0 radical (unpaired) electrons. The van der Waals surface area contributed by atoms with E-state index in [0.717, 1.165) is 52.7 Å². The lowest BCUT2D eigenvalue weighted by atomic mass is 10.0. The van der Waals surface area contributed by atoms with Crippen LogP contribution in [-0.4, -0.2) is 44.0 Å². The van der Waals surface area contributed by atoms with Crippen molar-refractivity contribution in [1.82, 2.24) is 0 Å².